The molecule has 0 unspecified atom stereocenters. The highest BCUT2D eigenvalue weighted by molar-refractivity contribution is 5.43. The third-order valence-corrected chi connectivity index (χ3v) is 1.60. The van der Waals surface area contributed by atoms with Crippen LogP contribution in [0.3, 0.4) is 0 Å². The number of nitrogens with one attached hydrogen (secondary N) is 1. The van der Waals surface area contributed by atoms with Crippen molar-refractivity contribution >= 4 is 5.69 Å². The van der Waals surface area contributed by atoms with Gasteiger partial charge in [-0.25, -0.2) is 0 Å². The van der Waals surface area contributed by atoms with Crippen LogP contribution >= 0.6 is 0 Å². The van der Waals surface area contributed by atoms with Crippen LogP contribution in [-0.4, -0.2) is 20.3 Å². The van der Waals surface area contributed by atoms with E-state index in [0.29, 0.717) is 13.2 Å². The Morgan fingerprint density at radius 3 is 2.85 bits per heavy atom. The van der Waals surface area contributed by atoms with Gasteiger partial charge in [0.15, 0.2) is 0 Å². The fraction of sp³-hybridized carbons (Fsp3) is 0.400. The van der Waals surface area contributed by atoms with Crippen molar-refractivity contribution in [1.82, 2.24) is 0 Å². The molecule has 13 heavy (non-hydrogen) atoms. The molecule has 0 atom stereocenters. The smallest absolute Gasteiger partial charge is 0.0979 e. The van der Waals surface area contributed by atoms with E-state index in [1.54, 1.807) is 7.11 Å². The number of anilines is 1. The van der Waals surface area contributed by atoms with Crippen LogP contribution in [0.4, 0.5) is 5.69 Å². The van der Waals surface area contributed by atoms with E-state index in [-0.39, 0.29) is 0 Å². The summed E-state index contributed by atoms with van der Waals surface area (Å²) in [5.41, 5.74) is 5.02. The van der Waals surface area contributed by atoms with Crippen molar-refractivity contribution in [2.24, 2.45) is 0 Å². The molecule has 1 N–H and O–H groups in total. The van der Waals surface area contributed by atoms with E-state index in [9.17, 15) is 0 Å². The summed E-state index contributed by atoms with van der Waals surface area (Å²) in [4.78, 5) is 5.14. The van der Waals surface area contributed by atoms with Gasteiger partial charge in [0, 0.05) is 7.11 Å². The van der Waals surface area contributed by atoms with Crippen LogP contribution in [0.2, 0.25) is 0 Å². The molecule has 0 saturated carbocycles. The van der Waals surface area contributed by atoms with Gasteiger partial charge in [0.2, 0.25) is 0 Å². The summed E-state index contributed by atoms with van der Waals surface area (Å²) in [5, 5.41) is 0. The molecule has 0 aliphatic heterocycles. The third-order valence-electron chi connectivity index (χ3n) is 1.60. The highest BCUT2D eigenvalue weighted by Gasteiger charge is 1.91. The van der Waals surface area contributed by atoms with Crippen LogP contribution in [0.15, 0.2) is 24.3 Å². The van der Waals surface area contributed by atoms with Gasteiger partial charge in [-0.3, -0.25) is 10.3 Å². The second-order valence-electron chi connectivity index (χ2n) is 2.81. The minimum absolute atomic E-state index is 0.546. The average Bonchev–Trinajstić information content (AvgIpc) is 2.13. The van der Waals surface area contributed by atoms with Crippen LogP contribution in [0, 0.1) is 6.92 Å². The summed E-state index contributed by atoms with van der Waals surface area (Å²) >= 11 is 0. The molecule has 3 nitrogen and oxygen atoms in total. The molecule has 0 amide bonds. The van der Waals surface area contributed by atoms with Crippen molar-refractivity contribution in [2.45, 2.75) is 6.92 Å². The number of rotatable bonds is 5. The van der Waals surface area contributed by atoms with Crippen LogP contribution < -0.4 is 5.48 Å². The van der Waals surface area contributed by atoms with Gasteiger partial charge in [-0.2, -0.15) is 0 Å². The fourth-order valence-corrected chi connectivity index (χ4v) is 0.968. The van der Waals surface area contributed by atoms with E-state index in [0.717, 1.165) is 5.69 Å². The Labute approximate surface area is 78.6 Å². The maximum Gasteiger partial charge on any atom is 0.0979 e. The molecule has 1 aromatic carbocycles. The number of benzene rings is 1. The molecule has 0 aliphatic carbocycles. The minimum Gasteiger partial charge on any atom is -0.382 e. The van der Waals surface area contributed by atoms with Crippen molar-refractivity contribution in [2.75, 3.05) is 25.8 Å². The molecule has 3 heteroatoms. The Balaban J connectivity index is 2.28. The summed E-state index contributed by atoms with van der Waals surface area (Å²) in [6, 6.07) is 8.00. The molecule has 0 aromatic heterocycles. The van der Waals surface area contributed by atoms with Crippen molar-refractivity contribution < 1.29 is 9.57 Å². The Bertz CT molecular complexity index is 250. The van der Waals surface area contributed by atoms with E-state index in [4.69, 9.17) is 9.57 Å². The van der Waals surface area contributed by atoms with Crippen LogP contribution in [0.25, 0.3) is 0 Å². The number of ether oxygens (including phenoxy) is 1. The van der Waals surface area contributed by atoms with Gasteiger partial charge in [0.25, 0.3) is 0 Å². The zero-order chi connectivity index (χ0) is 9.52. The predicted molar refractivity (Wildman–Crippen MR) is 52.6 cm³/mol. The Kier molecular flexibility index (Phi) is 4.29. The standard InChI is InChI=1S/C10H15NO2/c1-9-4-3-5-10(8-9)11-13-7-6-12-2/h3-5,8,11H,6-7H2,1-2H3. The van der Waals surface area contributed by atoms with Gasteiger partial charge < -0.3 is 4.74 Å². The normalized spacial score (nSPS) is 10.0. The van der Waals surface area contributed by atoms with E-state index in [1.807, 2.05) is 31.2 Å². The first-order chi connectivity index (χ1) is 6.33. The topological polar surface area (TPSA) is 30.5 Å². The lowest BCUT2D eigenvalue weighted by atomic mass is 10.2. The zero-order valence-corrected chi connectivity index (χ0v) is 8.04. The van der Waals surface area contributed by atoms with Crippen molar-refractivity contribution in [1.29, 1.82) is 0 Å². The summed E-state index contributed by atoms with van der Waals surface area (Å²) in [6.45, 7) is 3.18. The summed E-state index contributed by atoms with van der Waals surface area (Å²) in [7, 11) is 1.65. The van der Waals surface area contributed by atoms with Gasteiger partial charge in [-0.05, 0) is 24.6 Å². The molecular weight excluding hydrogens is 166 g/mol. The van der Waals surface area contributed by atoms with Gasteiger partial charge in [-0.15, -0.1) is 0 Å². The van der Waals surface area contributed by atoms with Gasteiger partial charge in [-0.1, -0.05) is 12.1 Å². The first-order valence-corrected chi connectivity index (χ1v) is 4.26. The molecule has 0 fully saturated rings. The summed E-state index contributed by atoms with van der Waals surface area (Å²) in [6.07, 6.45) is 0. The minimum atomic E-state index is 0.546. The molecular formula is C10H15NO2. The largest absolute Gasteiger partial charge is 0.382 e. The monoisotopic (exact) mass is 181 g/mol. The average molecular weight is 181 g/mol. The van der Waals surface area contributed by atoms with Crippen LogP contribution in [0.1, 0.15) is 5.56 Å². The predicted octanol–water partition coefficient (Wildman–Crippen LogP) is 1.98. The van der Waals surface area contributed by atoms with Gasteiger partial charge in [0.1, 0.15) is 0 Å². The zero-order valence-electron chi connectivity index (χ0n) is 8.04. The first kappa shape index (κ1) is 10.0. The van der Waals surface area contributed by atoms with Crippen LogP contribution in [-0.2, 0) is 9.57 Å². The highest BCUT2D eigenvalue weighted by atomic mass is 16.7. The van der Waals surface area contributed by atoms with Crippen molar-refractivity contribution in [3.05, 3.63) is 29.8 Å². The Hall–Kier alpha value is -1.06. The lowest BCUT2D eigenvalue weighted by molar-refractivity contribution is 0.101. The Morgan fingerprint density at radius 2 is 2.15 bits per heavy atom. The number of methoxy groups -OCH3 is 1. The molecule has 0 saturated heterocycles. The molecule has 1 aromatic rings. The van der Waals surface area contributed by atoms with Crippen molar-refractivity contribution in [3.8, 4) is 0 Å². The van der Waals surface area contributed by atoms with E-state index in [1.165, 1.54) is 5.56 Å². The molecule has 72 valence electrons. The number of hydrogen-bond acceptors (Lipinski definition) is 3. The SMILES string of the molecule is COCCONc1cccc(C)c1. The highest BCUT2D eigenvalue weighted by Crippen LogP contribution is 2.08. The van der Waals surface area contributed by atoms with E-state index in [2.05, 4.69) is 5.48 Å². The first-order valence-electron chi connectivity index (χ1n) is 4.26. The molecule has 0 spiro atoms. The third kappa shape index (κ3) is 3.92. The van der Waals surface area contributed by atoms with Gasteiger partial charge >= 0.3 is 0 Å². The van der Waals surface area contributed by atoms with Crippen LogP contribution in [0.5, 0.6) is 0 Å². The number of aryl methyl sites for hydroxylation is 1. The maximum atomic E-state index is 5.14. The second-order valence-corrected chi connectivity index (χ2v) is 2.81. The summed E-state index contributed by atoms with van der Waals surface area (Å²) in [5.74, 6) is 0. The fourth-order valence-electron chi connectivity index (χ4n) is 0.968. The molecule has 1 rings (SSSR count). The molecule has 0 radical (unpaired) electrons. The molecule has 0 heterocycles. The number of hydrogen-bond donors (Lipinski definition) is 1. The van der Waals surface area contributed by atoms with E-state index >= 15 is 0 Å². The Morgan fingerprint density at radius 1 is 1.31 bits per heavy atom. The van der Waals surface area contributed by atoms with Gasteiger partial charge in [0.05, 0.1) is 18.9 Å². The lowest BCUT2D eigenvalue weighted by Crippen LogP contribution is -2.07. The lowest BCUT2D eigenvalue weighted by Gasteiger charge is -2.06. The van der Waals surface area contributed by atoms with Crippen molar-refractivity contribution in [3.63, 3.8) is 0 Å². The molecule has 0 bridgehead atoms. The van der Waals surface area contributed by atoms with E-state index < -0.39 is 0 Å². The molecule has 0 aliphatic rings. The summed E-state index contributed by atoms with van der Waals surface area (Å²) < 4.78 is 4.84. The quantitative estimate of drug-likeness (QED) is 0.556. The second kappa shape index (κ2) is 5.56. The maximum absolute atomic E-state index is 5.14.